The summed E-state index contributed by atoms with van der Waals surface area (Å²) in [4.78, 5) is 58.8. The molecule has 41 heavy (non-hydrogen) atoms. The molecule has 0 spiro atoms. The van der Waals surface area contributed by atoms with Crippen LogP contribution < -0.4 is 20.1 Å². The van der Waals surface area contributed by atoms with Crippen molar-refractivity contribution in [2.45, 2.75) is 39.8 Å². The summed E-state index contributed by atoms with van der Waals surface area (Å²) in [7, 11) is 3.05. The van der Waals surface area contributed by atoms with Crippen molar-refractivity contribution in [2.75, 3.05) is 27.3 Å². The van der Waals surface area contributed by atoms with E-state index in [4.69, 9.17) is 9.47 Å². The number of hydrogen-bond acceptors (Lipinski definition) is 8. The SMILES string of the molecule is COc1cc2cc(c1OC)-c1cncc(c1)C(=O)N[C@H](CC(C)C)C(=O)NCCN(C(=O)c1ccc(C(C)=O)s1)C2. The van der Waals surface area contributed by atoms with Crippen molar-refractivity contribution in [3.63, 3.8) is 0 Å². The average Bonchev–Trinajstić information content (AvgIpc) is 3.45. The Labute approximate surface area is 243 Å². The molecule has 4 bridgehead atoms. The van der Waals surface area contributed by atoms with Gasteiger partial charge in [0.25, 0.3) is 11.8 Å². The second-order valence-corrected chi connectivity index (χ2v) is 11.3. The molecule has 0 saturated carbocycles. The van der Waals surface area contributed by atoms with Crippen LogP contribution in [0.5, 0.6) is 11.5 Å². The lowest BCUT2D eigenvalue weighted by molar-refractivity contribution is -0.123. The number of Topliss-reactive ketones (excluding diaryl/α,β-unsaturated/α-hetero) is 1. The van der Waals surface area contributed by atoms with Gasteiger partial charge in [0, 0.05) is 43.2 Å². The molecule has 1 aliphatic rings. The molecule has 3 heterocycles. The van der Waals surface area contributed by atoms with Crippen molar-refractivity contribution in [1.29, 1.82) is 0 Å². The third kappa shape index (κ3) is 6.91. The van der Waals surface area contributed by atoms with Crippen molar-refractivity contribution in [3.8, 4) is 22.6 Å². The number of nitrogens with one attached hydrogen (secondary N) is 2. The van der Waals surface area contributed by atoms with Crippen molar-refractivity contribution >= 4 is 34.8 Å². The summed E-state index contributed by atoms with van der Waals surface area (Å²) >= 11 is 1.14. The van der Waals surface area contributed by atoms with Gasteiger partial charge in [-0.05, 0) is 55.2 Å². The number of benzene rings is 1. The maximum atomic E-state index is 13.7. The van der Waals surface area contributed by atoms with Gasteiger partial charge in [-0.1, -0.05) is 13.8 Å². The number of fused-ring (bicyclic) bond motifs is 5. The van der Waals surface area contributed by atoms with Gasteiger partial charge in [0.2, 0.25) is 5.91 Å². The molecule has 0 saturated heterocycles. The summed E-state index contributed by atoms with van der Waals surface area (Å²) in [5.41, 5.74) is 2.27. The Morgan fingerprint density at radius 3 is 2.46 bits per heavy atom. The molecule has 10 nitrogen and oxygen atoms in total. The van der Waals surface area contributed by atoms with Crippen LogP contribution >= 0.6 is 11.3 Å². The van der Waals surface area contributed by atoms with Gasteiger partial charge < -0.3 is 25.0 Å². The largest absolute Gasteiger partial charge is 0.493 e. The number of thiophene rings is 1. The van der Waals surface area contributed by atoms with Crippen LogP contribution in [0.25, 0.3) is 11.1 Å². The van der Waals surface area contributed by atoms with Crippen molar-refractivity contribution < 1.29 is 28.7 Å². The number of methoxy groups -OCH3 is 2. The van der Waals surface area contributed by atoms with Gasteiger partial charge in [-0.25, -0.2) is 0 Å². The standard InChI is InChI=1S/C30H34N4O6S/c1-17(2)10-23-29(37)32-8-9-34(30(38)26-7-6-25(41-26)18(3)35)16-19-11-22(27(40-5)24(12-19)39-4)20-13-21(15-31-14-20)28(36)33-23/h6-7,11-15,17,23H,8-10,16H2,1-5H3,(H,32,37)(H,33,36)/t23-/m1/s1. The lowest BCUT2D eigenvalue weighted by Crippen LogP contribution is -2.49. The molecule has 1 aliphatic heterocycles. The fourth-order valence-corrected chi connectivity index (χ4v) is 5.56. The summed E-state index contributed by atoms with van der Waals surface area (Å²) in [6.45, 7) is 5.95. The molecular weight excluding hydrogens is 544 g/mol. The van der Waals surface area contributed by atoms with E-state index < -0.39 is 11.9 Å². The van der Waals surface area contributed by atoms with Crippen LogP contribution in [0.4, 0.5) is 0 Å². The minimum Gasteiger partial charge on any atom is -0.493 e. The van der Waals surface area contributed by atoms with Gasteiger partial charge >= 0.3 is 0 Å². The maximum absolute atomic E-state index is 13.7. The number of aromatic nitrogens is 1. The molecule has 216 valence electrons. The molecular formula is C30H34N4O6S. The molecule has 0 unspecified atom stereocenters. The van der Waals surface area contributed by atoms with Crippen molar-refractivity contribution in [3.05, 3.63) is 63.6 Å². The van der Waals surface area contributed by atoms with Gasteiger partial charge in [-0.15, -0.1) is 11.3 Å². The zero-order valence-electron chi connectivity index (χ0n) is 23.8. The van der Waals surface area contributed by atoms with Crippen LogP contribution in [0.3, 0.4) is 0 Å². The Bertz CT molecular complexity index is 1470. The summed E-state index contributed by atoms with van der Waals surface area (Å²) < 4.78 is 11.3. The number of carbonyl (C=O) groups excluding carboxylic acids is 4. The summed E-state index contributed by atoms with van der Waals surface area (Å²) in [5.74, 6) is -0.0953. The van der Waals surface area contributed by atoms with Gasteiger partial charge in [0.15, 0.2) is 17.3 Å². The molecule has 0 radical (unpaired) electrons. The molecule has 1 aromatic carbocycles. The Hall–Kier alpha value is -4.25. The first kappa shape index (κ1) is 29.7. The topological polar surface area (TPSA) is 127 Å². The molecule has 2 N–H and O–H groups in total. The highest BCUT2D eigenvalue weighted by Crippen LogP contribution is 2.40. The second-order valence-electron chi connectivity index (χ2n) is 10.2. The van der Waals surface area contributed by atoms with E-state index >= 15 is 0 Å². The Morgan fingerprint density at radius 1 is 1.07 bits per heavy atom. The number of ketones is 1. The monoisotopic (exact) mass is 578 g/mol. The van der Waals surface area contributed by atoms with E-state index in [-0.39, 0.29) is 43.1 Å². The minimum absolute atomic E-state index is 0.114. The molecule has 0 aliphatic carbocycles. The smallest absolute Gasteiger partial charge is 0.264 e. The van der Waals surface area contributed by atoms with Gasteiger partial charge in [-0.2, -0.15) is 0 Å². The zero-order chi connectivity index (χ0) is 29.7. The van der Waals surface area contributed by atoms with E-state index in [9.17, 15) is 19.2 Å². The summed E-state index contributed by atoms with van der Waals surface area (Å²) in [5, 5.41) is 5.73. The molecule has 3 aromatic rings. The summed E-state index contributed by atoms with van der Waals surface area (Å²) in [6.07, 6.45) is 3.50. The average molecular weight is 579 g/mol. The molecule has 11 heteroatoms. The predicted molar refractivity (Wildman–Crippen MR) is 156 cm³/mol. The minimum atomic E-state index is -0.772. The van der Waals surface area contributed by atoms with Gasteiger partial charge in [0.1, 0.15) is 6.04 Å². The quantitative estimate of drug-likeness (QED) is 0.424. The zero-order valence-corrected chi connectivity index (χ0v) is 24.6. The maximum Gasteiger partial charge on any atom is 0.264 e. The normalized spacial score (nSPS) is 15.9. The first-order valence-electron chi connectivity index (χ1n) is 13.3. The van der Waals surface area contributed by atoms with E-state index in [1.54, 1.807) is 35.4 Å². The fraction of sp³-hybridized carbons (Fsp3) is 0.367. The van der Waals surface area contributed by atoms with Gasteiger partial charge in [-0.3, -0.25) is 24.2 Å². The van der Waals surface area contributed by atoms with Crippen LogP contribution in [-0.4, -0.2) is 66.7 Å². The Kier molecular flexibility index (Phi) is 9.38. The molecule has 1 atom stereocenters. The van der Waals surface area contributed by atoms with Crippen molar-refractivity contribution in [2.24, 2.45) is 5.92 Å². The Morgan fingerprint density at radius 2 is 1.80 bits per heavy atom. The molecule has 0 fully saturated rings. The number of hydrogen-bond donors (Lipinski definition) is 2. The number of pyridine rings is 1. The summed E-state index contributed by atoms with van der Waals surface area (Å²) in [6, 6.07) is 7.86. The Balaban J connectivity index is 1.82. The second kappa shape index (κ2) is 12.9. The lowest BCUT2D eigenvalue weighted by atomic mass is 10.00. The van der Waals surface area contributed by atoms with Crippen LogP contribution in [0.2, 0.25) is 0 Å². The van der Waals surface area contributed by atoms with Gasteiger partial charge in [0.05, 0.1) is 29.5 Å². The molecule has 2 aromatic heterocycles. The predicted octanol–water partition coefficient (Wildman–Crippen LogP) is 3.95. The van der Waals surface area contributed by atoms with E-state index in [0.717, 1.165) is 16.9 Å². The van der Waals surface area contributed by atoms with Crippen LogP contribution in [0.1, 0.15) is 62.5 Å². The number of amides is 3. The van der Waals surface area contributed by atoms with Crippen LogP contribution in [0.15, 0.2) is 42.7 Å². The highest BCUT2D eigenvalue weighted by molar-refractivity contribution is 7.15. The first-order valence-corrected chi connectivity index (χ1v) is 14.1. The lowest BCUT2D eigenvalue weighted by Gasteiger charge is -2.25. The van der Waals surface area contributed by atoms with Crippen LogP contribution in [-0.2, 0) is 11.3 Å². The van der Waals surface area contributed by atoms with E-state index in [2.05, 4.69) is 15.6 Å². The number of ether oxygens (including phenoxy) is 2. The van der Waals surface area contributed by atoms with Crippen LogP contribution in [0, 0.1) is 5.92 Å². The first-order chi connectivity index (χ1) is 19.6. The van der Waals surface area contributed by atoms with E-state index in [1.165, 1.54) is 27.3 Å². The molecule has 3 amide bonds. The number of carbonyl (C=O) groups is 4. The highest BCUT2D eigenvalue weighted by Gasteiger charge is 2.26. The fourth-order valence-electron chi connectivity index (χ4n) is 4.69. The van der Waals surface area contributed by atoms with Crippen molar-refractivity contribution in [1.82, 2.24) is 20.5 Å². The van der Waals surface area contributed by atoms with E-state index in [0.29, 0.717) is 44.4 Å². The molecule has 4 rings (SSSR count). The third-order valence-corrected chi connectivity index (χ3v) is 7.86. The number of rotatable bonds is 6. The van der Waals surface area contributed by atoms with E-state index in [1.807, 2.05) is 19.9 Å². The third-order valence-electron chi connectivity index (χ3n) is 6.68. The highest BCUT2D eigenvalue weighted by atomic mass is 32.1. The number of nitrogens with zero attached hydrogens (tertiary/aromatic N) is 2.